The third-order valence-electron chi connectivity index (χ3n) is 4.55. The summed E-state index contributed by atoms with van der Waals surface area (Å²) in [5, 5.41) is 4.05. The zero-order valence-electron chi connectivity index (χ0n) is 15.2. The summed E-state index contributed by atoms with van der Waals surface area (Å²) >= 11 is 5.98. The first kappa shape index (κ1) is 18.2. The lowest BCUT2D eigenvalue weighted by molar-refractivity contribution is 0.0953. The van der Waals surface area contributed by atoms with Crippen LogP contribution >= 0.6 is 11.6 Å². The molecule has 0 bridgehead atoms. The van der Waals surface area contributed by atoms with Crippen molar-refractivity contribution in [2.45, 2.75) is 12.8 Å². The Hall–Kier alpha value is -3.19. The van der Waals surface area contributed by atoms with Crippen LogP contribution in [0.3, 0.4) is 0 Å². The number of aromatic nitrogens is 4. The van der Waals surface area contributed by atoms with E-state index in [1.807, 2.05) is 18.2 Å². The maximum Gasteiger partial charge on any atom is 0.260 e. The van der Waals surface area contributed by atoms with Gasteiger partial charge in [-0.15, -0.1) is 0 Å². The normalized spacial score (nSPS) is 11.2. The van der Waals surface area contributed by atoms with Crippen LogP contribution in [0.15, 0.2) is 47.5 Å². The number of benzene rings is 2. The van der Waals surface area contributed by atoms with Crippen LogP contribution in [0.4, 0.5) is 0 Å². The Morgan fingerprint density at radius 2 is 2.07 bits per heavy atom. The predicted molar refractivity (Wildman–Crippen MR) is 109 cm³/mol. The first-order valence-electron chi connectivity index (χ1n) is 8.89. The summed E-state index contributed by atoms with van der Waals surface area (Å²) < 4.78 is 1.41. The van der Waals surface area contributed by atoms with Crippen LogP contribution in [0, 0.1) is 0 Å². The predicted octanol–water partition coefficient (Wildman–Crippen LogP) is 2.83. The summed E-state index contributed by atoms with van der Waals surface area (Å²) in [6.45, 7) is 0.513. The van der Waals surface area contributed by atoms with Crippen molar-refractivity contribution in [1.29, 1.82) is 0 Å². The van der Waals surface area contributed by atoms with Crippen LogP contribution in [-0.4, -0.2) is 32.0 Å². The smallest absolute Gasteiger partial charge is 0.260 e. The first-order chi connectivity index (χ1) is 13.5. The van der Waals surface area contributed by atoms with E-state index in [0.717, 1.165) is 23.3 Å². The molecule has 0 radical (unpaired) electrons. The molecule has 1 amide bonds. The zero-order chi connectivity index (χ0) is 19.7. The number of carbonyl (C=O) groups is 1. The first-order valence-corrected chi connectivity index (χ1v) is 9.27. The van der Waals surface area contributed by atoms with E-state index in [-0.39, 0.29) is 11.5 Å². The van der Waals surface area contributed by atoms with Crippen molar-refractivity contribution < 1.29 is 4.79 Å². The van der Waals surface area contributed by atoms with Gasteiger partial charge in [0.1, 0.15) is 5.82 Å². The van der Waals surface area contributed by atoms with E-state index in [0.29, 0.717) is 34.5 Å². The summed E-state index contributed by atoms with van der Waals surface area (Å²) in [7, 11) is 1.64. The van der Waals surface area contributed by atoms with Crippen molar-refractivity contribution in [2.75, 3.05) is 6.54 Å². The number of fused-ring (bicyclic) bond motifs is 2. The van der Waals surface area contributed by atoms with E-state index >= 15 is 0 Å². The highest BCUT2D eigenvalue weighted by molar-refractivity contribution is 6.31. The highest BCUT2D eigenvalue weighted by Gasteiger charge is 2.09. The molecule has 2 aromatic heterocycles. The minimum atomic E-state index is -0.194. The van der Waals surface area contributed by atoms with Crippen molar-refractivity contribution in [1.82, 2.24) is 24.8 Å². The molecular formula is C20H18ClN5O2. The highest BCUT2D eigenvalue weighted by atomic mass is 35.5. The molecule has 0 saturated carbocycles. The van der Waals surface area contributed by atoms with Gasteiger partial charge in [-0.1, -0.05) is 11.6 Å². The summed E-state index contributed by atoms with van der Waals surface area (Å²) in [5.41, 5.74) is 2.63. The van der Waals surface area contributed by atoms with E-state index in [4.69, 9.17) is 11.6 Å². The SMILES string of the molecule is Cn1cnc2cc(C(=O)NCCCc3nc4ccc(Cl)cc4[nH]3)ccc2c1=O. The zero-order valence-corrected chi connectivity index (χ0v) is 16.0. The molecule has 0 atom stereocenters. The number of nitrogens with zero attached hydrogens (tertiary/aromatic N) is 3. The summed E-state index contributed by atoms with van der Waals surface area (Å²) in [6, 6.07) is 10.4. The molecule has 0 spiro atoms. The van der Waals surface area contributed by atoms with E-state index in [9.17, 15) is 9.59 Å². The van der Waals surface area contributed by atoms with Crippen molar-refractivity contribution in [3.8, 4) is 0 Å². The van der Waals surface area contributed by atoms with Crippen LogP contribution in [-0.2, 0) is 13.5 Å². The van der Waals surface area contributed by atoms with Gasteiger partial charge >= 0.3 is 0 Å². The topological polar surface area (TPSA) is 92.7 Å². The van der Waals surface area contributed by atoms with Crippen LogP contribution < -0.4 is 10.9 Å². The fourth-order valence-corrected chi connectivity index (χ4v) is 3.24. The molecule has 4 aromatic rings. The van der Waals surface area contributed by atoms with E-state index < -0.39 is 0 Å². The second-order valence-electron chi connectivity index (χ2n) is 6.60. The Labute approximate surface area is 165 Å². The number of hydrogen-bond donors (Lipinski definition) is 2. The van der Waals surface area contributed by atoms with Gasteiger partial charge in [0.15, 0.2) is 0 Å². The molecule has 7 nitrogen and oxygen atoms in total. The minimum Gasteiger partial charge on any atom is -0.352 e. The highest BCUT2D eigenvalue weighted by Crippen LogP contribution is 2.17. The number of imidazole rings is 1. The summed E-state index contributed by atoms with van der Waals surface area (Å²) in [6.07, 6.45) is 2.90. The van der Waals surface area contributed by atoms with Crippen molar-refractivity contribution in [3.63, 3.8) is 0 Å². The van der Waals surface area contributed by atoms with Gasteiger partial charge in [0, 0.05) is 30.6 Å². The molecule has 2 aromatic carbocycles. The van der Waals surface area contributed by atoms with Gasteiger partial charge in [-0.05, 0) is 42.8 Å². The second kappa shape index (κ2) is 7.44. The lowest BCUT2D eigenvalue weighted by Crippen LogP contribution is -2.25. The minimum absolute atomic E-state index is 0.135. The molecule has 28 heavy (non-hydrogen) atoms. The third kappa shape index (κ3) is 3.61. The number of hydrogen-bond acceptors (Lipinski definition) is 4. The maximum atomic E-state index is 12.4. The fourth-order valence-electron chi connectivity index (χ4n) is 3.06. The Morgan fingerprint density at radius 1 is 1.21 bits per heavy atom. The van der Waals surface area contributed by atoms with Gasteiger partial charge in [0.05, 0.1) is 28.3 Å². The molecule has 142 valence electrons. The maximum absolute atomic E-state index is 12.4. The summed E-state index contributed by atoms with van der Waals surface area (Å²) in [4.78, 5) is 36.4. The average Bonchev–Trinajstić information content (AvgIpc) is 3.09. The molecule has 0 unspecified atom stereocenters. The van der Waals surface area contributed by atoms with Crippen molar-refractivity contribution >= 4 is 39.4 Å². The van der Waals surface area contributed by atoms with Crippen LogP contribution in [0.2, 0.25) is 5.02 Å². The molecule has 0 aliphatic carbocycles. The Balaban J connectivity index is 1.36. The van der Waals surface area contributed by atoms with Gasteiger partial charge in [-0.25, -0.2) is 9.97 Å². The second-order valence-corrected chi connectivity index (χ2v) is 7.03. The van der Waals surface area contributed by atoms with Gasteiger partial charge in [-0.3, -0.25) is 9.59 Å². The number of carbonyl (C=O) groups excluding carboxylic acids is 1. The number of aromatic amines is 1. The van der Waals surface area contributed by atoms with Crippen molar-refractivity contribution in [3.05, 3.63) is 69.5 Å². The number of rotatable bonds is 5. The van der Waals surface area contributed by atoms with E-state index in [2.05, 4.69) is 20.3 Å². The monoisotopic (exact) mass is 395 g/mol. The number of aryl methyl sites for hydroxylation is 2. The standard InChI is InChI=1S/C20H18ClN5O2/c1-26-11-23-16-9-12(4-6-14(16)20(26)28)19(27)22-8-2-3-18-24-15-7-5-13(21)10-17(15)25-18/h4-7,9-11H,2-3,8H2,1H3,(H,22,27)(H,24,25). The van der Waals surface area contributed by atoms with Crippen LogP contribution in [0.1, 0.15) is 22.6 Å². The van der Waals surface area contributed by atoms with Gasteiger partial charge in [0.2, 0.25) is 0 Å². The molecular weight excluding hydrogens is 378 g/mol. The fraction of sp³-hybridized carbons (Fsp3) is 0.200. The molecule has 0 fully saturated rings. The average molecular weight is 396 g/mol. The molecule has 8 heteroatoms. The van der Waals surface area contributed by atoms with E-state index in [1.165, 1.54) is 10.9 Å². The van der Waals surface area contributed by atoms with Crippen LogP contribution in [0.5, 0.6) is 0 Å². The quantitative estimate of drug-likeness (QED) is 0.508. The van der Waals surface area contributed by atoms with Gasteiger partial charge < -0.3 is 14.9 Å². The molecule has 0 saturated heterocycles. The van der Waals surface area contributed by atoms with Gasteiger partial charge in [0.25, 0.3) is 11.5 Å². The Kier molecular flexibility index (Phi) is 4.83. The lowest BCUT2D eigenvalue weighted by atomic mass is 10.1. The molecule has 2 N–H and O–H groups in total. The molecule has 2 heterocycles. The van der Waals surface area contributed by atoms with Gasteiger partial charge in [-0.2, -0.15) is 0 Å². The third-order valence-corrected chi connectivity index (χ3v) is 4.78. The lowest BCUT2D eigenvalue weighted by Gasteiger charge is -2.06. The molecule has 0 aliphatic rings. The molecule has 4 rings (SSSR count). The Morgan fingerprint density at radius 3 is 2.93 bits per heavy atom. The molecule has 0 aliphatic heterocycles. The van der Waals surface area contributed by atoms with Crippen LogP contribution in [0.25, 0.3) is 21.9 Å². The summed E-state index contributed by atoms with van der Waals surface area (Å²) in [5.74, 6) is 0.665. The number of amides is 1. The number of halogens is 1. The van der Waals surface area contributed by atoms with E-state index in [1.54, 1.807) is 25.2 Å². The largest absolute Gasteiger partial charge is 0.352 e. The Bertz CT molecular complexity index is 1240. The number of nitrogens with one attached hydrogen (secondary N) is 2. The number of H-pyrrole nitrogens is 1. The van der Waals surface area contributed by atoms with Crippen molar-refractivity contribution in [2.24, 2.45) is 7.05 Å².